The fourth-order valence-electron chi connectivity index (χ4n) is 6.99. The van der Waals surface area contributed by atoms with E-state index in [-0.39, 0.29) is 0 Å². The number of rotatable bonds is 7. The first-order valence-electron chi connectivity index (χ1n) is 17.0. The maximum Gasteiger partial charge on any atom is 0.0715 e. The van der Waals surface area contributed by atoms with E-state index in [1.54, 1.807) is 0 Å². The largest absolute Gasteiger partial charge is 0.310 e. The Balaban J connectivity index is 1.15. The first-order valence-corrected chi connectivity index (χ1v) is 17.0. The molecule has 0 unspecified atom stereocenters. The van der Waals surface area contributed by atoms with E-state index in [1.807, 2.05) is 6.07 Å². The maximum atomic E-state index is 5.16. The number of benzene rings is 7. The van der Waals surface area contributed by atoms with Gasteiger partial charge in [0.05, 0.1) is 22.4 Å². The second-order valence-electron chi connectivity index (χ2n) is 12.5. The quantitative estimate of drug-likeness (QED) is 0.173. The second-order valence-corrected chi connectivity index (χ2v) is 12.5. The van der Waals surface area contributed by atoms with E-state index in [4.69, 9.17) is 4.98 Å². The average Bonchev–Trinajstić information content (AvgIpc) is 3.53. The molecule has 0 aliphatic heterocycles. The molecule has 0 N–H and O–H groups in total. The van der Waals surface area contributed by atoms with E-state index in [0.29, 0.717) is 0 Å². The third kappa shape index (κ3) is 5.41. The lowest BCUT2D eigenvalue weighted by atomic mass is 10.00. The minimum Gasteiger partial charge on any atom is -0.310 e. The van der Waals surface area contributed by atoms with Gasteiger partial charge in [-0.05, 0) is 83.9 Å². The first-order chi connectivity index (χ1) is 24.8. The molecular formula is C47H33N3. The highest BCUT2D eigenvalue weighted by Crippen LogP contribution is 2.40. The number of hydrogen-bond acceptors (Lipinski definition) is 2. The van der Waals surface area contributed by atoms with Crippen LogP contribution < -0.4 is 4.90 Å². The molecule has 9 aromatic rings. The van der Waals surface area contributed by atoms with Crippen LogP contribution in [0.5, 0.6) is 0 Å². The lowest BCUT2D eigenvalue weighted by molar-refractivity contribution is 1.18. The average molecular weight is 640 g/mol. The summed E-state index contributed by atoms with van der Waals surface area (Å²) in [5.74, 6) is 0. The van der Waals surface area contributed by atoms with Crippen molar-refractivity contribution in [3.8, 4) is 39.3 Å². The minimum atomic E-state index is 0.950. The number of hydrogen-bond donors (Lipinski definition) is 0. The molecule has 236 valence electrons. The fraction of sp³-hybridized carbons (Fsp3) is 0. The fourth-order valence-corrected chi connectivity index (χ4v) is 6.99. The van der Waals surface area contributed by atoms with E-state index in [0.717, 1.165) is 50.8 Å². The van der Waals surface area contributed by atoms with Crippen LogP contribution in [-0.2, 0) is 0 Å². The van der Waals surface area contributed by atoms with Crippen LogP contribution in [0, 0.1) is 0 Å². The summed E-state index contributed by atoms with van der Waals surface area (Å²) in [6, 6.07) is 70.8. The molecule has 0 radical (unpaired) electrons. The van der Waals surface area contributed by atoms with Gasteiger partial charge in [0.25, 0.3) is 0 Å². The zero-order valence-corrected chi connectivity index (χ0v) is 27.4. The zero-order valence-electron chi connectivity index (χ0n) is 27.4. The lowest BCUT2D eigenvalue weighted by Crippen LogP contribution is -2.09. The summed E-state index contributed by atoms with van der Waals surface area (Å²) in [5, 5.41) is 2.43. The molecule has 7 aromatic carbocycles. The highest BCUT2D eigenvalue weighted by Gasteiger charge is 2.17. The second kappa shape index (κ2) is 12.7. The van der Waals surface area contributed by atoms with Crippen molar-refractivity contribution in [2.45, 2.75) is 0 Å². The molecule has 0 spiro atoms. The summed E-state index contributed by atoms with van der Waals surface area (Å²) in [7, 11) is 0. The van der Waals surface area contributed by atoms with Gasteiger partial charge in [0, 0.05) is 44.6 Å². The highest BCUT2D eigenvalue weighted by atomic mass is 15.1. The molecule has 0 atom stereocenters. The molecule has 3 nitrogen and oxygen atoms in total. The van der Waals surface area contributed by atoms with Crippen LogP contribution in [0.1, 0.15) is 0 Å². The van der Waals surface area contributed by atoms with Crippen LogP contribution in [0.2, 0.25) is 0 Å². The molecular weight excluding hydrogens is 607 g/mol. The van der Waals surface area contributed by atoms with Crippen LogP contribution >= 0.6 is 0 Å². The van der Waals surface area contributed by atoms with Crippen LogP contribution in [0.25, 0.3) is 61.1 Å². The predicted octanol–water partition coefficient (Wildman–Crippen LogP) is 12.6. The van der Waals surface area contributed by atoms with Crippen molar-refractivity contribution in [1.82, 2.24) is 9.55 Å². The Bertz CT molecular complexity index is 2460. The molecule has 0 saturated heterocycles. The SMILES string of the molecule is c1ccc(-c2cc(-c3ccccc3)nc(-c3ccc(-n4c5ccccc5c5cc(N(c6ccccc6)c6ccccc6)ccc54)cc3)c2)cc1. The van der Waals surface area contributed by atoms with Gasteiger partial charge in [-0.2, -0.15) is 0 Å². The van der Waals surface area contributed by atoms with Crippen LogP contribution in [0.3, 0.4) is 0 Å². The summed E-state index contributed by atoms with van der Waals surface area (Å²) < 4.78 is 2.37. The molecule has 50 heavy (non-hydrogen) atoms. The monoisotopic (exact) mass is 639 g/mol. The van der Waals surface area contributed by atoms with E-state index in [1.165, 1.54) is 27.4 Å². The molecule has 9 rings (SSSR count). The molecule has 0 fully saturated rings. The van der Waals surface area contributed by atoms with Gasteiger partial charge in [-0.3, -0.25) is 0 Å². The molecule has 0 aliphatic carbocycles. The number of aromatic nitrogens is 2. The van der Waals surface area contributed by atoms with Crippen molar-refractivity contribution in [2.24, 2.45) is 0 Å². The molecule has 2 heterocycles. The molecule has 0 amide bonds. The lowest BCUT2D eigenvalue weighted by Gasteiger charge is -2.25. The Morgan fingerprint density at radius 2 is 0.840 bits per heavy atom. The number of pyridine rings is 1. The standard InChI is InChI=1S/C47H33N3/c1-5-15-34(16-6-1)37-31-44(35-17-7-2-8-18-35)48-45(32-37)36-25-27-40(28-26-36)50-46-24-14-13-23-42(46)43-33-41(29-30-47(43)50)49(38-19-9-3-10-20-38)39-21-11-4-12-22-39/h1-33H. The molecule has 3 heteroatoms. The predicted molar refractivity (Wildman–Crippen MR) is 210 cm³/mol. The molecule has 0 saturated carbocycles. The van der Waals surface area contributed by atoms with Crippen molar-refractivity contribution in [3.63, 3.8) is 0 Å². The highest BCUT2D eigenvalue weighted by molar-refractivity contribution is 6.10. The smallest absolute Gasteiger partial charge is 0.0715 e. The zero-order chi connectivity index (χ0) is 33.3. The van der Waals surface area contributed by atoms with Gasteiger partial charge in [-0.25, -0.2) is 4.98 Å². The summed E-state index contributed by atoms with van der Waals surface area (Å²) in [6.07, 6.45) is 0. The minimum absolute atomic E-state index is 0.950. The van der Waals surface area contributed by atoms with Crippen molar-refractivity contribution < 1.29 is 0 Å². The van der Waals surface area contributed by atoms with E-state index < -0.39 is 0 Å². The van der Waals surface area contributed by atoms with E-state index >= 15 is 0 Å². The third-order valence-corrected chi connectivity index (χ3v) is 9.37. The molecule has 0 aliphatic rings. The van der Waals surface area contributed by atoms with Crippen molar-refractivity contribution in [2.75, 3.05) is 4.90 Å². The summed E-state index contributed by atoms with van der Waals surface area (Å²) >= 11 is 0. The van der Waals surface area contributed by atoms with Gasteiger partial charge in [-0.1, -0.05) is 127 Å². The van der Waals surface area contributed by atoms with Gasteiger partial charge in [0.15, 0.2) is 0 Å². The van der Waals surface area contributed by atoms with Crippen LogP contribution in [0.4, 0.5) is 17.1 Å². The van der Waals surface area contributed by atoms with Gasteiger partial charge in [-0.15, -0.1) is 0 Å². The van der Waals surface area contributed by atoms with Crippen LogP contribution in [0.15, 0.2) is 200 Å². The topological polar surface area (TPSA) is 21.1 Å². The molecule has 2 aromatic heterocycles. The maximum absolute atomic E-state index is 5.16. The van der Waals surface area contributed by atoms with Crippen molar-refractivity contribution in [1.29, 1.82) is 0 Å². The van der Waals surface area contributed by atoms with E-state index in [9.17, 15) is 0 Å². The first kappa shape index (κ1) is 29.4. The van der Waals surface area contributed by atoms with Gasteiger partial charge < -0.3 is 9.47 Å². The number of nitrogens with zero attached hydrogens (tertiary/aromatic N) is 3. The number of fused-ring (bicyclic) bond motifs is 3. The Hall–Kier alpha value is -6.71. The van der Waals surface area contributed by atoms with Crippen molar-refractivity contribution in [3.05, 3.63) is 200 Å². The Morgan fingerprint density at radius 1 is 0.340 bits per heavy atom. The normalized spacial score (nSPS) is 11.2. The van der Waals surface area contributed by atoms with E-state index in [2.05, 4.69) is 204 Å². The molecule has 0 bridgehead atoms. The Labute approximate surface area is 292 Å². The van der Waals surface area contributed by atoms with Gasteiger partial charge >= 0.3 is 0 Å². The van der Waals surface area contributed by atoms with Crippen LogP contribution in [-0.4, -0.2) is 9.55 Å². The van der Waals surface area contributed by atoms with Crippen molar-refractivity contribution >= 4 is 38.9 Å². The third-order valence-electron chi connectivity index (χ3n) is 9.37. The van der Waals surface area contributed by atoms with Gasteiger partial charge in [0.2, 0.25) is 0 Å². The summed E-state index contributed by atoms with van der Waals surface area (Å²) in [5.41, 5.74) is 13.2. The summed E-state index contributed by atoms with van der Waals surface area (Å²) in [6.45, 7) is 0. The number of anilines is 3. The summed E-state index contributed by atoms with van der Waals surface area (Å²) in [4.78, 5) is 7.48. The number of para-hydroxylation sites is 3. The Kier molecular flexibility index (Phi) is 7.49. The van der Waals surface area contributed by atoms with Gasteiger partial charge in [0.1, 0.15) is 0 Å². The Morgan fingerprint density at radius 3 is 1.46 bits per heavy atom.